The number of nitrogens with one attached hydrogen (secondary N) is 1. The van der Waals surface area contributed by atoms with Crippen molar-refractivity contribution in [1.29, 1.82) is 0 Å². The first-order valence-corrected chi connectivity index (χ1v) is 18.9. The zero-order chi connectivity index (χ0) is 33.7. The van der Waals surface area contributed by atoms with E-state index in [0.29, 0.717) is 38.3 Å². The molecule has 1 fully saturated rings. The predicted octanol–water partition coefficient (Wildman–Crippen LogP) is 4.97. The first-order chi connectivity index (χ1) is 22.3. The molecule has 11 heteroatoms. The summed E-state index contributed by atoms with van der Waals surface area (Å²) in [5, 5.41) is 11.6. The molecule has 1 amide bonds. The Bertz CT molecular complexity index is 1630. The van der Waals surface area contributed by atoms with E-state index in [1.165, 1.54) is 18.1 Å². The van der Waals surface area contributed by atoms with Crippen molar-refractivity contribution in [1.82, 2.24) is 9.62 Å². The standard InChI is InChI=1S/C36H48ClN3O6S/c1-22-14-29(39(4)18-23(2)41)17-33(42)30-10-7-27(30)19-40-20-36(13-5-6-25-15-28(37)9-11-31(25)36)21-46-34-12-8-26(16-32(34)40)35(43)38-47(44,45)24(22)3/h8-9,11-12,15-16,22,24,27,29-30,33,42H,5-7,10,13-14,17-21H2,1-4H3,(H,38,43)/t22-,24+,27-,29+,30+,33-,36-/m0/s1. The van der Waals surface area contributed by atoms with Crippen LogP contribution in [0.15, 0.2) is 36.4 Å². The molecule has 256 valence electrons. The quantitative estimate of drug-likeness (QED) is 0.466. The molecule has 2 aromatic rings. The number of anilines is 1. The van der Waals surface area contributed by atoms with Gasteiger partial charge in [-0.1, -0.05) is 24.6 Å². The second kappa shape index (κ2) is 13.3. The van der Waals surface area contributed by atoms with Gasteiger partial charge in [0.15, 0.2) is 0 Å². The number of aliphatic hydroxyl groups is 1. The van der Waals surface area contributed by atoms with E-state index < -0.39 is 27.3 Å². The van der Waals surface area contributed by atoms with Crippen LogP contribution in [-0.4, -0.2) is 80.8 Å². The molecule has 2 aliphatic heterocycles. The minimum absolute atomic E-state index is 0.0112. The minimum Gasteiger partial charge on any atom is -0.490 e. The van der Waals surface area contributed by atoms with Gasteiger partial charge in [0.2, 0.25) is 10.0 Å². The Morgan fingerprint density at radius 3 is 2.68 bits per heavy atom. The molecule has 6 rings (SSSR count). The number of Topliss-reactive ketones (excluding diaryl/α,β-unsaturated/α-hetero) is 1. The first-order valence-electron chi connectivity index (χ1n) is 17.0. The van der Waals surface area contributed by atoms with E-state index in [2.05, 4.69) is 21.8 Å². The van der Waals surface area contributed by atoms with E-state index in [0.717, 1.165) is 42.8 Å². The van der Waals surface area contributed by atoms with Gasteiger partial charge in [0.25, 0.3) is 5.91 Å². The van der Waals surface area contributed by atoms with Gasteiger partial charge < -0.3 is 14.7 Å². The largest absolute Gasteiger partial charge is 0.490 e. The van der Waals surface area contributed by atoms with Crippen molar-refractivity contribution in [3.63, 3.8) is 0 Å². The van der Waals surface area contributed by atoms with Gasteiger partial charge in [0.1, 0.15) is 11.5 Å². The summed E-state index contributed by atoms with van der Waals surface area (Å²) in [6.07, 6.45) is 5.09. The molecule has 4 aliphatic rings. The number of fused-ring (bicyclic) bond motifs is 4. The van der Waals surface area contributed by atoms with Crippen LogP contribution in [0.4, 0.5) is 5.69 Å². The fourth-order valence-corrected chi connectivity index (χ4v) is 9.94. The summed E-state index contributed by atoms with van der Waals surface area (Å²) >= 11 is 6.42. The van der Waals surface area contributed by atoms with Gasteiger partial charge >= 0.3 is 0 Å². The number of nitrogens with zero attached hydrogens (tertiary/aromatic N) is 2. The Labute approximate surface area is 284 Å². The molecule has 0 aromatic heterocycles. The number of benzene rings is 2. The number of rotatable bonds is 3. The van der Waals surface area contributed by atoms with Crippen LogP contribution >= 0.6 is 11.6 Å². The number of hydrogen-bond donors (Lipinski definition) is 2. The molecule has 47 heavy (non-hydrogen) atoms. The van der Waals surface area contributed by atoms with Crippen molar-refractivity contribution < 1.29 is 27.9 Å². The molecule has 2 bridgehead atoms. The summed E-state index contributed by atoms with van der Waals surface area (Å²) in [6, 6.07) is 11.1. The molecular weight excluding hydrogens is 638 g/mol. The number of ketones is 1. The van der Waals surface area contributed by atoms with Gasteiger partial charge in [-0.25, -0.2) is 13.1 Å². The maximum absolute atomic E-state index is 13.6. The van der Waals surface area contributed by atoms with Crippen molar-refractivity contribution in [2.75, 3.05) is 38.2 Å². The first kappa shape index (κ1) is 34.2. The molecule has 0 radical (unpaired) electrons. The molecule has 9 nitrogen and oxygen atoms in total. The molecule has 0 saturated heterocycles. The van der Waals surface area contributed by atoms with Gasteiger partial charge in [-0.05, 0) is 125 Å². The van der Waals surface area contributed by atoms with E-state index >= 15 is 0 Å². The molecule has 1 saturated carbocycles. The number of carbonyl (C=O) groups is 2. The van der Waals surface area contributed by atoms with Gasteiger partial charge in [-0.2, -0.15) is 0 Å². The van der Waals surface area contributed by atoms with Crippen LogP contribution in [0.1, 0.15) is 80.8 Å². The number of halogens is 1. The summed E-state index contributed by atoms with van der Waals surface area (Å²) in [6.45, 7) is 7.04. The van der Waals surface area contributed by atoms with Crippen LogP contribution in [0.5, 0.6) is 5.75 Å². The van der Waals surface area contributed by atoms with Gasteiger partial charge in [-0.3, -0.25) is 14.5 Å². The summed E-state index contributed by atoms with van der Waals surface area (Å²) in [7, 11) is -2.17. The highest BCUT2D eigenvalue weighted by Crippen LogP contribution is 2.47. The maximum Gasteiger partial charge on any atom is 0.264 e. The predicted molar refractivity (Wildman–Crippen MR) is 184 cm³/mol. The average Bonchev–Trinajstić information content (AvgIpc) is 3.14. The SMILES string of the molecule is CC(=O)CN(C)[C@@H]1C[C@H](C)[C@@H](C)S(=O)(=O)NC(=O)c2ccc3c(c2)N(C[C@@H]2CC[C@H]2[C@@H](O)C1)C[C@@]1(CCCc2cc(Cl)ccc21)CO3. The van der Waals surface area contributed by atoms with Crippen LogP contribution in [0.3, 0.4) is 0 Å². The number of hydrogen-bond acceptors (Lipinski definition) is 8. The number of amides is 1. The van der Waals surface area contributed by atoms with Gasteiger partial charge in [0, 0.05) is 35.1 Å². The third kappa shape index (κ3) is 6.94. The highest BCUT2D eigenvalue weighted by atomic mass is 35.5. The molecular formula is C36H48ClN3O6S. The Kier molecular flexibility index (Phi) is 9.70. The molecule has 2 heterocycles. The van der Waals surface area contributed by atoms with Crippen molar-refractivity contribution in [3.05, 3.63) is 58.1 Å². The van der Waals surface area contributed by atoms with Crippen LogP contribution < -0.4 is 14.4 Å². The maximum atomic E-state index is 13.6. The van der Waals surface area contributed by atoms with Crippen LogP contribution in [0.25, 0.3) is 0 Å². The fraction of sp³-hybridized carbons (Fsp3) is 0.611. The second-order valence-corrected chi connectivity index (χ2v) is 17.2. The van der Waals surface area contributed by atoms with Gasteiger partial charge in [0.05, 0.1) is 30.2 Å². The Hall–Kier alpha value is -2.66. The number of likely N-dealkylation sites (N-methyl/N-ethyl adjacent to an activating group) is 1. The number of aliphatic hydroxyl groups excluding tert-OH is 1. The van der Waals surface area contributed by atoms with Crippen molar-refractivity contribution in [2.24, 2.45) is 17.8 Å². The zero-order valence-electron chi connectivity index (χ0n) is 27.9. The lowest BCUT2D eigenvalue weighted by Crippen LogP contribution is -2.50. The van der Waals surface area contributed by atoms with Crippen molar-refractivity contribution >= 4 is 39.0 Å². The van der Waals surface area contributed by atoms with Crippen molar-refractivity contribution in [3.8, 4) is 5.75 Å². The van der Waals surface area contributed by atoms with E-state index in [1.54, 1.807) is 25.1 Å². The lowest BCUT2D eigenvalue weighted by molar-refractivity contribution is -0.118. The number of aryl methyl sites for hydroxylation is 1. The van der Waals surface area contributed by atoms with Crippen LogP contribution in [0.2, 0.25) is 5.02 Å². The van der Waals surface area contributed by atoms with Crippen LogP contribution in [-0.2, 0) is 26.7 Å². The number of sulfonamides is 1. The van der Waals surface area contributed by atoms with E-state index in [4.69, 9.17) is 16.3 Å². The second-order valence-electron chi connectivity index (χ2n) is 14.8. The lowest BCUT2D eigenvalue weighted by atomic mass is 9.67. The molecule has 0 unspecified atom stereocenters. The normalized spacial score (nSPS) is 32.3. The molecule has 2 aliphatic carbocycles. The van der Waals surface area contributed by atoms with E-state index in [9.17, 15) is 23.1 Å². The van der Waals surface area contributed by atoms with E-state index in [-0.39, 0.29) is 47.1 Å². The number of carbonyl (C=O) groups excluding carboxylic acids is 2. The average molecular weight is 686 g/mol. The summed E-state index contributed by atoms with van der Waals surface area (Å²) in [4.78, 5) is 29.9. The lowest BCUT2D eigenvalue weighted by Gasteiger charge is -2.46. The molecule has 2 N–H and O–H groups in total. The molecule has 1 spiro atoms. The fourth-order valence-electron chi connectivity index (χ4n) is 8.46. The third-order valence-electron chi connectivity index (χ3n) is 11.5. The smallest absolute Gasteiger partial charge is 0.264 e. The third-order valence-corrected chi connectivity index (χ3v) is 13.7. The summed E-state index contributed by atoms with van der Waals surface area (Å²) in [5.41, 5.74) is 3.19. The highest BCUT2D eigenvalue weighted by Gasteiger charge is 2.45. The summed E-state index contributed by atoms with van der Waals surface area (Å²) < 4.78 is 36.0. The molecule has 7 atom stereocenters. The Morgan fingerprint density at radius 2 is 1.96 bits per heavy atom. The zero-order valence-corrected chi connectivity index (χ0v) is 29.4. The van der Waals surface area contributed by atoms with Crippen molar-refractivity contribution in [2.45, 2.75) is 88.5 Å². The summed E-state index contributed by atoms with van der Waals surface area (Å²) in [5.74, 6) is -0.0396. The van der Waals surface area contributed by atoms with Gasteiger partial charge in [-0.15, -0.1) is 0 Å². The Morgan fingerprint density at radius 1 is 1.17 bits per heavy atom. The number of ether oxygens (including phenoxy) is 1. The minimum atomic E-state index is -4.03. The van der Waals surface area contributed by atoms with Crippen LogP contribution in [0, 0.1) is 17.8 Å². The Balaban J connectivity index is 1.40. The van der Waals surface area contributed by atoms with E-state index in [1.807, 2.05) is 24.9 Å². The monoisotopic (exact) mass is 685 g/mol. The molecule has 2 aromatic carbocycles. The highest BCUT2D eigenvalue weighted by molar-refractivity contribution is 7.90. The topological polar surface area (TPSA) is 116 Å².